The van der Waals surface area contributed by atoms with Crippen molar-refractivity contribution in [1.82, 2.24) is 0 Å². The second kappa shape index (κ2) is 9.82. The van der Waals surface area contributed by atoms with Gasteiger partial charge in [-0.3, -0.25) is 0 Å². The maximum Gasteiger partial charge on any atom is 0.200 e. The Hall–Kier alpha value is -4.00. The first-order valence-electron chi connectivity index (χ1n) is 13.7. The van der Waals surface area contributed by atoms with Gasteiger partial charge in [-0.2, -0.15) is 0 Å². The molecular formula is C34H30F5N2+. The van der Waals surface area contributed by atoms with Crippen molar-refractivity contribution in [1.29, 1.82) is 0 Å². The van der Waals surface area contributed by atoms with Crippen molar-refractivity contribution < 1.29 is 26.5 Å². The molecule has 0 fully saturated rings. The summed E-state index contributed by atoms with van der Waals surface area (Å²) in [6.07, 6.45) is 7.08. The third kappa shape index (κ3) is 4.25. The van der Waals surface area contributed by atoms with Crippen LogP contribution in [0.5, 0.6) is 0 Å². The average molecular weight is 562 g/mol. The molecule has 0 saturated heterocycles. The highest BCUT2D eigenvalue weighted by molar-refractivity contribution is 6.07. The number of halogens is 5. The van der Waals surface area contributed by atoms with E-state index in [1.807, 2.05) is 62.9 Å². The molecule has 41 heavy (non-hydrogen) atoms. The molecule has 0 spiro atoms. The average Bonchev–Trinajstić information content (AvgIpc) is 2.96. The molecule has 2 nitrogen and oxygen atoms in total. The van der Waals surface area contributed by atoms with Crippen LogP contribution in [-0.2, 0) is 18.4 Å². The van der Waals surface area contributed by atoms with Crippen LogP contribution < -0.4 is 4.90 Å². The number of anilines is 1. The molecule has 0 aromatic heterocycles. The number of allylic oxidation sites excluding steroid dienone is 5. The summed E-state index contributed by atoms with van der Waals surface area (Å²) in [6, 6.07) is 14.1. The van der Waals surface area contributed by atoms with Gasteiger partial charge in [0.1, 0.15) is 14.1 Å². The van der Waals surface area contributed by atoms with Gasteiger partial charge in [0.15, 0.2) is 29.0 Å². The van der Waals surface area contributed by atoms with Crippen LogP contribution in [0.4, 0.5) is 27.6 Å². The predicted octanol–water partition coefficient (Wildman–Crippen LogP) is 7.64. The summed E-state index contributed by atoms with van der Waals surface area (Å²) in [5.74, 6) is -9.71. The van der Waals surface area contributed by atoms with E-state index in [9.17, 15) is 13.2 Å². The molecule has 0 radical (unpaired) electrons. The molecule has 0 unspecified atom stereocenters. The standard InChI is InChI=1S/C34H30F5N2/c1-34(2)24-16-21(40(3)4)12-13-22(24)27(28-29(35)31(37)33(39)32(38)30(28)36)23-15-20-11-8-14-41(26(20)17-25(23)34)18-19-9-6-5-7-10-19/h5-7,9-10,12-13,15-17H,8,11,14,18H2,1-4H3/q+1. The molecule has 1 heterocycles. The first kappa shape index (κ1) is 27.2. The van der Waals surface area contributed by atoms with Gasteiger partial charge in [0, 0.05) is 41.9 Å². The van der Waals surface area contributed by atoms with Crippen molar-refractivity contribution in [3.8, 4) is 0 Å². The molecule has 0 amide bonds. The van der Waals surface area contributed by atoms with Crippen LogP contribution >= 0.6 is 0 Å². The highest BCUT2D eigenvalue weighted by Gasteiger charge is 2.42. The van der Waals surface area contributed by atoms with E-state index in [-0.39, 0.29) is 5.57 Å². The normalized spacial score (nSPS) is 17.2. The summed E-state index contributed by atoms with van der Waals surface area (Å²) in [4.78, 5) is 2.30. The number of rotatable bonds is 3. The van der Waals surface area contributed by atoms with Gasteiger partial charge in [0.05, 0.1) is 5.56 Å². The smallest absolute Gasteiger partial charge is 0.200 e. The number of aryl methyl sites for hydroxylation is 1. The van der Waals surface area contributed by atoms with Crippen molar-refractivity contribution in [3.63, 3.8) is 0 Å². The van der Waals surface area contributed by atoms with E-state index in [1.54, 1.807) is 12.2 Å². The highest BCUT2D eigenvalue weighted by atomic mass is 19.2. The Morgan fingerprint density at radius 1 is 0.854 bits per heavy atom. The van der Waals surface area contributed by atoms with Gasteiger partial charge < -0.3 is 4.90 Å². The zero-order valence-corrected chi connectivity index (χ0v) is 23.4. The van der Waals surface area contributed by atoms with Crippen LogP contribution in [0.1, 0.15) is 48.1 Å². The summed E-state index contributed by atoms with van der Waals surface area (Å²) in [5, 5.41) is 0. The van der Waals surface area contributed by atoms with Crippen molar-refractivity contribution in [2.75, 3.05) is 25.5 Å². The second-order valence-electron chi connectivity index (χ2n) is 11.6. The van der Waals surface area contributed by atoms with Crippen molar-refractivity contribution in [2.45, 2.75) is 38.6 Å². The summed E-state index contributed by atoms with van der Waals surface area (Å²) in [6.45, 7) is 5.62. The maximum absolute atomic E-state index is 15.5. The molecule has 1 aliphatic heterocycles. The quantitative estimate of drug-likeness (QED) is 0.138. The van der Waals surface area contributed by atoms with E-state index in [1.165, 1.54) is 0 Å². The molecular weight excluding hydrogens is 531 g/mol. The molecule has 0 atom stereocenters. The van der Waals surface area contributed by atoms with Crippen LogP contribution in [0.2, 0.25) is 0 Å². The molecule has 0 N–H and O–H groups in total. The molecule has 2 aliphatic carbocycles. The Kier molecular flexibility index (Phi) is 6.51. The first-order valence-corrected chi connectivity index (χ1v) is 13.7. The molecule has 3 aliphatic rings. The van der Waals surface area contributed by atoms with Gasteiger partial charge in [0.2, 0.25) is 5.82 Å². The lowest BCUT2D eigenvalue weighted by atomic mass is 9.63. The van der Waals surface area contributed by atoms with Gasteiger partial charge >= 0.3 is 0 Å². The zero-order valence-electron chi connectivity index (χ0n) is 23.4. The van der Waals surface area contributed by atoms with Crippen molar-refractivity contribution >= 4 is 17.0 Å². The lowest BCUT2D eigenvalue weighted by Gasteiger charge is -2.41. The Morgan fingerprint density at radius 3 is 2.17 bits per heavy atom. The summed E-state index contributed by atoms with van der Waals surface area (Å²) in [5.41, 5.74) is 5.00. The van der Waals surface area contributed by atoms with E-state index in [0.29, 0.717) is 17.7 Å². The first-order chi connectivity index (χ1) is 19.5. The van der Waals surface area contributed by atoms with Gasteiger partial charge in [-0.25, -0.2) is 26.5 Å². The molecule has 0 bridgehead atoms. The van der Waals surface area contributed by atoms with Crippen LogP contribution in [0.25, 0.3) is 5.57 Å². The lowest BCUT2D eigenvalue weighted by molar-refractivity contribution is -0.462. The minimum Gasteiger partial charge on any atom is -0.367 e. The van der Waals surface area contributed by atoms with Gasteiger partial charge in [0.25, 0.3) is 0 Å². The Labute approximate surface area is 236 Å². The minimum absolute atomic E-state index is 0.0235. The Morgan fingerprint density at radius 2 is 1.51 bits per heavy atom. The number of hydrogen-bond acceptors (Lipinski definition) is 1. The molecule has 6 rings (SSSR count). The zero-order chi connectivity index (χ0) is 29.2. The second-order valence-corrected chi connectivity index (χ2v) is 11.6. The molecule has 3 aromatic rings. The summed E-state index contributed by atoms with van der Waals surface area (Å²) < 4.78 is 76.1. The number of hydrogen-bond donors (Lipinski definition) is 0. The van der Waals surface area contributed by atoms with Gasteiger partial charge in [-0.15, -0.1) is 0 Å². The predicted molar refractivity (Wildman–Crippen MR) is 152 cm³/mol. The number of fused-ring (bicyclic) bond motifs is 3. The fourth-order valence-corrected chi connectivity index (χ4v) is 6.33. The fraction of sp³-hybridized carbons (Fsp3) is 0.265. The molecule has 0 saturated carbocycles. The largest absolute Gasteiger partial charge is 0.367 e. The van der Waals surface area contributed by atoms with Crippen LogP contribution in [-0.4, -0.2) is 30.9 Å². The summed E-state index contributed by atoms with van der Waals surface area (Å²) in [7, 11) is 3.77. The van der Waals surface area contributed by atoms with Crippen LogP contribution in [0.15, 0.2) is 71.8 Å². The van der Waals surface area contributed by atoms with Gasteiger partial charge in [-0.1, -0.05) is 44.2 Å². The fourth-order valence-electron chi connectivity index (χ4n) is 6.33. The monoisotopic (exact) mass is 561 g/mol. The third-order valence-electron chi connectivity index (χ3n) is 8.51. The van der Waals surface area contributed by atoms with E-state index in [0.717, 1.165) is 53.0 Å². The van der Waals surface area contributed by atoms with Gasteiger partial charge in [-0.05, 0) is 64.5 Å². The van der Waals surface area contributed by atoms with Crippen LogP contribution in [0.3, 0.4) is 0 Å². The number of nitrogens with zero attached hydrogens (tertiary/aromatic N) is 2. The van der Waals surface area contributed by atoms with Crippen molar-refractivity contribution in [3.05, 3.63) is 129 Å². The van der Waals surface area contributed by atoms with Crippen molar-refractivity contribution in [2.24, 2.45) is 0 Å². The van der Waals surface area contributed by atoms with E-state index >= 15 is 8.78 Å². The Balaban J connectivity index is 1.66. The highest BCUT2D eigenvalue weighted by Crippen LogP contribution is 2.52. The van der Waals surface area contributed by atoms with E-state index in [2.05, 4.69) is 23.1 Å². The SMILES string of the molecule is C[N+](C)=C1C=CC2=C(c3c(F)c(F)c(F)c(F)c3F)c3cc4c(cc3C(C)(C)C2=C1)N(Cc1ccccc1)CCC4. The summed E-state index contributed by atoms with van der Waals surface area (Å²) >= 11 is 0. The number of benzene rings is 3. The topological polar surface area (TPSA) is 6.25 Å². The Bertz CT molecular complexity index is 1690. The van der Waals surface area contributed by atoms with E-state index in [4.69, 9.17) is 0 Å². The van der Waals surface area contributed by atoms with Crippen LogP contribution in [0, 0.1) is 29.1 Å². The van der Waals surface area contributed by atoms with E-state index < -0.39 is 40.1 Å². The lowest BCUT2D eigenvalue weighted by Crippen LogP contribution is -2.33. The molecule has 210 valence electrons. The molecule has 7 heteroatoms. The minimum atomic E-state index is -2.16. The third-order valence-corrected chi connectivity index (χ3v) is 8.51. The maximum atomic E-state index is 15.5. The molecule has 3 aromatic carbocycles.